The molecule has 3 aromatic carbocycles. The van der Waals surface area contributed by atoms with Crippen molar-refractivity contribution in [3.05, 3.63) is 102 Å². The van der Waals surface area contributed by atoms with Crippen LogP contribution in [0.25, 0.3) is 10.9 Å². The second-order valence-electron chi connectivity index (χ2n) is 9.85. The average Bonchev–Trinajstić information content (AvgIpc) is 3.30. The van der Waals surface area contributed by atoms with Crippen molar-refractivity contribution in [1.29, 1.82) is 0 Å². The molecule has 0 radical (unpaired) electrons. The molecule has 37 heavy (non-hydrogen) atoms. The highest BCUT2D eigenvalue weighted by molar-refractivity contribution is 5.98. The number of hydrogen-bond acceptors (Lipinski definition) is 3. The summed E-state index contributed by atoms with van der Waals surface area (Å²) in [6, 6.07) is 25.5. The molecule has 0 saturated carbocycles. The van der Waals surface area contributed by atoms with Crippen LogP contribution >= 0.6 is 0 Å². The van der Waals surface area contributed by atoms with E-state index in [4.69, 9.17) is 4.74 Å². The van der Waals surface area contributed by atoms with Gasteiger partial charge in [-0.05, 0) is 68.1 Å². The number of carbonyl (C=O) groups excluding carboxylic acids is 2. The third kappa shape index (κ3) is 6.59. The predicted octanol–water partition coefficient (Wildman–Crippen LogP) is 5.21. The molecule has 0 aliphatic carbocycles. The van der Waals surface area contributed by atoms with Crippen molar-refractivity contribution in [3.8, 4) is 17.6 Å². The fourth-order valence-electron chi connectivity index (χ4n) is 4.06. The number of aromatic nitrogens is 1. The van der Waals surface area contributed by atoms with Gasteiger partial charge < -0.3 is 19.9 Å². The van der Waals surface area contributed by atoms with Crippen molar-refractivity contribution < 1.29 is 14.3 Å². The zero-order valence-corrected chi connectivity index (χ0v) is 21.5. The van der Waals surface area contributed by atoms with Crippen LogP contribution in [0.4, 0.5) is 0 Å². The van der Waals surface area contributed by atoms with Gasteiger partial charge in [0.05, 0.1) is 7.11 Å². The van der Waals surface area contributed by atoms with E-state index >= 15 is 0 Å². The number of benzene rings is 3. The number of nitrogens with one attached hydrogen (secondary N) is 2. The van der Waals surface area contributed by atoms with E-state index in [1.54, 1.807) is 7.11 Å². The normalized spacial score (nSPS) is 11.8. The standard InChI is InChI=1S/C31H31N3O3/c1-31(2,3)33-30(36)29(27-20-24-12-8-9-13-26(24)32-27)34(21-23-14-17-25(37-4)18-15-23)28(35)19-16-22-10-6-5-7-11-22/h5-15,17-18,20,29,32H,21H2,1-4H3,(H,33,36). The van der Waals surface area contributed by atoms with Gasteiger partial charge in [-0.2, -0.15) is 0 Å². The Balaban J connectivity index is 1.80. The van der Waals surface area contributed by atoms with Crippen LogP contribution in [-0.2, 0) is 16.1 Å². The lowest BCUT2D eigenvalue weighted by molar-refractivity contribution is -0.138. The van der Waals surface area contributed by atoms with Gasteiger partial charge in [-0.3, -0.25) is 9.59 Å². The predicted molar refractivity (Wildman–Crippen MR) is 146 cm³/mol. The maximum atomic E-state index is 13.8. The van der Waals surface area contributed by atoms with Gasteiger partial charge >= 0.3 is 0 Å². The summed E-state index contributed by atoms with van der Waals surface area (Å²) in [7, 11) is 1.60. The SMILES string of the molecule is COc1ccc(CN(C(=O)C#Cc2ccccc2)C(C(=O)NC(C)(C)C)c2cc3ccccc3[nH]2)cc1. The molecule has 0 spiro atoms. The molecular weight excluding hydrogens is 462 g/mol. The van der Waals surface area contributed by atoms with Crippen molar-refractivity contribution in [2.45, 2.75) is 38.9 Å². The highest BCUT2D eigenvalue weighted by Gasteiger charge is 2.34. The van der Waals surface area contributed by atoms with E-state index < -0.39 is 17.5 Å². The maximum Gasteiger partial charge on any atom is 0.300 e. The van der Waals surface area contributed by atoms with Crippen LogP contribution in [0.1, 0.15) is 43.6 Å². The molecule has 1 atom stereocenters. The quantitative estimate of drug-likeness (QED) is 0.362. The first-order valence-electron chi connectivity index (χ1n) is 12.1. The number of ether oxygens (including phenoxy) is 1. The fourth-order valence-corrected chi connectivity index (χ4v) is 4.06. The van der Waals surface area contributed by atoms with Crippen LogP contribution in [0.15, 0.2) is 84.9 Å². The summed E-state index contributed by atoms with van der Waals surface area (Å²) in [4.78, 5) is 32.3. The van der Waals surface area contributed by atoms with Crippen molar-refractivity contribution in [1.82, 2.24) is 15.2 Å². The first kappa shape index (κ1) is 25.6. The molecular formula is C31H31N3O3. The van der Waals surface area contributed by atoms with Crippen molar-refractivity contribution in [3.63, 3.8) is 0 Å². The van der Waals surface area contributed by atoms with E-state index in [2.05, 4.69) is 22.1 Å². The van der Waals surface area contributed by atoms with Crippen LogP contribution in [0.5, 0.6) is 5.75 Å². The molecule has 4 aromatic rings. The molecule has 1 unspecified atom stereocenters. The summed E-state index contributed by atoms with van der Waals surface area (Å²) in [6.45, 7) is 5.93. The number of methoxy groups -OCH3 is 1. The summed E-state index contributed by atoms with van der Waals surface area (Å²) in [5, 5.41) is 4.01. The van der Waals surface area contributed by atoms with Crippen LogP contribution in [0, 0.1) is 11.8 Å². The van der Waals surface area contributed by atoms with E-state index in [1.807, 2.05) is 106 Å². The van der Waals surface area contributed by atoms with E-state index in [9.17, 15) is 9.59 Å². The van der Waals surface area contributed by atoms with Gasteiger partial charge in [0, 0.05) is 34.8 Å². The lowest BCUT2D eigenvalue weighted by Gasteiger charge is -2.32. The van der Waals surface area contributed by atoms with Gasteiger partial charge in [0.1, 0.15) is 5.75 Å². The number of hydrogen-bond donors (Lipinski definition) is 2. The summed E-state index contributed by atoms with van der Waals surface area (Å²) >= 11 is 0. The summed E-state index contributed by atoms with van der Waals surface area (Å²) in [5.41, 5.74) is 2.58. The minimum atomic E-state index is -0.925. The molecule has 1 aromatic heterocycles. The van der Waals surface area contributed by atoms with Crippen LogP contribution in [0.2, 0.25) is 0 Å². The minimum Gasteiger partial charge on any atom is -0.497 e. The van der Waals surface area contributed by atoms with E-state index in [0.717, 1.165) is 22.0 Å². The van der Waals surface area contributed by atoms with Crippen molar-refractivity contribution in [2.75, 3.05) is 7.11 Å². The molecule has 6 heteroatoms. The van der Waals surface area contributed by atoms with Crippen molar-refractivity contribution in [2.24, 2.45) is 0 Å². The van der Waals surface area contributed by atoms with Gasteiger partial charge in [0.15, 0.2) is 6.04 Å². The number of para-hydroxylation sites is 1. The Morgan fingerprint density at radius 2 is 1.65 bits per heavy atom. The van der Waals surface area contributed by atoms with Gasteiger partial charge in [0.2, 0.25) is 5.91 Å². The Morgan fingerprint density at radius 3 is 2.30 bits per heavy atom. The number of amides is 2. The molecule has 0 saturated heterocycles. The van der Waals surface area contributed by atoms with Gasteiger partial charge in [-0.1, -0.05) is 54.5 Å². The number of nitrogens with zero attached hydrogens (tertiary/aromatic N) is 1. The lowest BCUT2D eigenvalue weighted by atomic mass is 10.0. The van der Waals surface area contributed by atoms with Gasteiger partial charge in [-0.15, -0.1) is 0 Å². The summed E-state index contributed by atoms with van der Waals surface area (Å²) in [6.07, 6.45) is 0. The van der Waals surface area contributed by atoms with Crippen LogP contribution < -0.4 is 10.1 Å². The second-order valence-corrected chi connectivity index (χ2v) is 9.85. The van der Waals surface area contributed by atoms with Gasteiger partial charge in [0.25, 0.3) is 5.91 Å². The largest absolute Gasteiger partial charge is 0.497 e. The number of fused-ring (bicyclic) bond motifs is 1. The first-order chi connectivity index (χ1) is 17.7. The second kappa shape index (κ2) is 11.0. The number of H-pyrrole nitrogens is 1. The molecule has 6 nitrogen and oxygen atoms in total. The maximum absolute atomic E-state index is 13.8. The van der Waals surface area contributed by atoms with Crippen LogP contribution in [0.3, 0.4) is 0 Å². The molecule has 0 bridgehead atoms. The molecule has 188 valence electrons. The molecule has 0 aliphatic rings. The minimum absolute atomic E-state index is 0.184. The molecule has 4 rings (SSSR count). The zero-order valence-electron chi connectivity index (χ0n) is 21.5. The molecule has 2 N–H and O–H groups in total. The fraction of sp³-hybridized carbons (Fsp3) is 0.226. The Labute approximate surface area is 217 Å². The third-order valence-electron chi connectivity index (χ3n) is 5.76. The highest BCUT2D eigenvalue weighted by atomic mass is 16.5. The molecule has 2 amide bonds. The Bertz CT molecular complexity index is 1410. The summed E-state index contributed by atoms with van der Waals surface area (Å²) in [5.74, 6) is 5.68. The smallest absolute Gasteiger partial charge is 0.300 e. The Hall–Kier alpha value is -4.50. The molecule has 1 heterocycles. The zero-order chi connectivity index (χ0) is 26.4. The van der Waals surface area contributed by atoms with Gasteiger partial charge in [-0.25, -0.2) is 0 Å². The topological polar surface area (TPSA) is 74.4 Å². The molecule has 0 fully saturated rings. The summed E-state index contributed by atoms with van der Waals surface area (Å²) < 4.78 is 5.28. The van der Waals surface area contributed by atoms with Crippen molar-refractivity contribution >= 4 is 22.7 Å². The Morgan fingerprint density at radius 1 is 0.973 bits per heavy atom. The van der Waals surface area contributed by atoms with E-state index in [-0.39, 0.29) is 12.5 Å². The number of aromatic amines is 1. The monoisotopic (exact) mass is 493 g/mol. The lowest BCUT2D eigenvalue weighted by Crippen LogP contribution is -2.49. The number of rotatable bonds is 6. The van der Waals surface area contributed by atoms with E-state index in [1.165, 1.54) is 4.90 Å². The highest BCUT2D eigenvalue weighted by Crippen LogP contribution is 2.28. The Kier molecular flexibility index (Phi) is 7.64. The first-order valence-corrected chi connectivity index (χ1v) is 12.1. The van der Waals surface area contributed by atoms with Crippen LogP contribution in [-0.4, -0.2) is 34.3 Å². The number of carbonyl (C=O) groups is 2. The molecule has 0 aliphatic heterocycles. The van der Waals surface area contributed by atoms with E-state index in [0.29, 0.717) is 11.4 Å². The third-order valence-corrected chi connectivity index (χ3v) is 5.76. The average molecular weight is 494 g/mol.